The van der Waals surface area contributed by atoms with Crippen LogP contribution < -0.4 is 16.1 Å². The number of benzene rings is 1. The van der Waals surface area contributed by atoms with Crippen LogP contribution in [-0.2, 0) is 13.6 Å². The van der Waals surface area contributed by atoms with Crippen molar-refractivity contribution < 1.29 is 5.11 Å². The number of aryl methyl sites for hydroxylation is 1. The highest BCUT2D eigenvalue weighted by Gasteiger charge is 2.28. The number of imidazole rings is 1. The molecule has 1 unspecified atom stereocenters. The van der Waals surface area contributed by atoms with E-state index in [1.165, 1.54) is 4.57 Å². The van der Waals surface area contributed by atoms with Crippen molar-refractivity contribution >= 4 is 22.8 Å². The smallest absolute Gasteiger partial charge is 0.329 e. The van der Waals surface area contributed by atoms with Gasteiger partial charge < -0.3 is 14.6 Å². The lowest BCUT2D eigenvalue weighted by atomic mass is 10.1. The van der Waals surface area contributed by atoms with E-state index in [2.05, 4.69) is 16.9 Å². The summed E-state index contributed by atoms with van der Waals surface area (Å²) < 4.78 is 3.20. The third-order valence-electron chi connectivity index (χ3n) is 4.38. The first-order chi connectivity index (χ1) is 11.5. The Bertz CT molecular complexity index is 1040. The minimum absolute atomic E-state index is 0.191. The fourth-order valence-corrected chi connectivity index (χ4v) is 3.22. The molecule has 2 N–H and O–H groups in total. The molecule has 8 heteroatoms. The number of aromatic amines is 1. The van der Waals surface area contributed by atoms with Crippen molar-refractivity contribution in [1.29, 1.82) is 0 Å². The molecule has 4 rings (SSSR count). The lowest BCUT2D eigenvalue weighted by Crippen LogP contribution is -2.35. The predicted molar refractivity (Wildman–Crippen MR) is 89.9 cm³/mol. The summed E-state index contributed by atoms with van der Waals surface area (Å²) in [6.07, 6.45) is 0. The number of rotatable bonds is 1. The van der Waals surface area contributed by atoms with Gasteiger partial charge in [-0.3, -0.25) is 14.3 Å². The molecule has 0 amide bonds. The molecule has 0 fully saturated rings. The molecular formula is C16H17N5O3. The van der Waals surface area contributed by atoms with E-state index in [4.69, 9.17) is 0 Å². The summed E-state index contributed by atoms with van der Waals surface area (Å²) in [4.78, 5) is 33.0. The molecule has 3 aromatic rings. The number of aromatic hydroxyl groups is 1. The molecule has 0 radical (unpaired) electrons. The Labute approximate surface area is 136 Å². The van der Waals surface area contributed by atoms with Crippen LogP contribution >= 0.6 is 0 Å². The van der Waals surface area contributed by atoms with Crippen molar-refractivity contribution in [3.8, 4) is 5.75 Å². The molecule has 1 aromatic carbocycles. The molecule has 0 saturated carbocycles. The number of hydrogen-bond donors (Lipinski definition) is 2. The number of H-pyrrole nitrogens is 1. The molecule has 1 atom stereocenters. The van der Waals surface area contributed by atoms with E-state index in [1.807, 2.05) is 9.47 Å². The van der Waals surface area contributed by atoms with Gasteiger partial charge in [-0.2, -0.15) is 4.98 Å². The zero-order valence-corrected chi connectivity index (χ0v) is 13.4. The minimum atomic E-state index is -0.479. The van der Waals surface area contributed by atoms with Gasteiger partial charge in [-0.1, -0.05) is 6.92 Å². The summed E-state index contributed by atoms with van der Waals surface area (Å²) in [5, 5.41) is 9.50. The van der Waals surface area contributed by atoms with Gasteiger partial charge in [0.15, 0.2) is 11.2 Å². The normalized spacial score (nSPS) is 17.2. The first-order valence-corrected chi connectivity index (χ1v) is 7.72. The summed E-state index contributed by atoms with van der Waals surface area (Å²) in [6.45, 7) is 3.49. The molecule has 1 aliphatic rings. The van der Waals surface area contributed by atoms with Gasteiger partial charge in [0.2, 0.25) is 5.95 Å². The van der Waals surface area contributed by atoms with E-state index in [0.717, 1.165) is 12.2 Å². The summed E-state index contributed by atoms with van der Waals surface area (Å²) >= 11 is 0. The number of anilines is 2. The lowest BCUT2D eigenvalue weighted by molar-refractivity contribution is 0.458. The summed E-state index contributed by atoms with van der Waals surface area (Å²) in [6, 6.07) is 6.84. The quantitative estimate of drug-likeness (QED) is 0.693. The number of fused-ring (bicyclic) bond motifs is 3. The summed E-state index contributed by atoms with van der Waals surface area (Å²) in [5.74, 6) is 1.11. The molecule has 1 aliphatic heterocycles. The first kappa shape index (κ1) is 14.6. The van der Waals surface area contributed by atoms with Crippen molar-refractivity contribution in [1.82, 2.24) is 19.1 Å². The van der Waals surface area contributed by atoms with Gasteiger partial charge in [0.1, 0.15) is 5.75 Å². The maximum absolute atomic E-state index is 12.3. The SMILES string of the molecule is CC1CN(c2ccc(O)cc2)c2nc3c(c(=O)[nH]c(=O)n3C)n2C1. The Morgan fingerprint density at radius 1 is 1.21 bits per heavy atom. The Morgan fingerprint density at radius 3 is 2.62 bits per heavy atom. The first-order valence-electron chi connectivity index (χ1n) is 7.72. The third-order valence-corrected chi connectivity index (χ3v) is 4.38. The topological polar surface area (TPSA) is 96.2 Å². The fraction of sp³-hybridized carbons (Fsp3) is 0.312. The second-order valence-corrected chi connectivity index (χ2v) is 6.25. The molecule has 8 nitrogen and oxygen atoms in total. The second-order valence-electron chi connectivity index (χ2n) is 6.25. The molecule has 124 valence electrons. The average Bonchev–Trinajstić information content (AvgIpc) is 2.92. The number of nitrogens with one attached hydrogen (secondary N) is 1. The number of hydrogen-bond acceptors (Lipinski definition) is 5. The molecule has 2 aromatic heterocycles. The van der Waals surface area contributed by atoms with Crippen LogP contribution in [0, 0.1) is 5.92 Å². The third kappa shape index (κ3) is 2.03. The van der Waals surface area contributed by atoms with E-state index in [9.17, 15) is 14.7 Å². The maximum Gasteiger partial charge on any atom is 0.329 e. The number of nitrogens with zero attached hydrogens (tertiary/aromatic N) is 4. The van der Waals surface area contributed by atoms with E-state index in [-0.39, 0.29) is 5.75 Å². The Morgan fingerprint density at radius 2 is 1.92 bits per heavy atom. The number of phenolic OH excluding ortho intramolecular Hbond substituents is 1. The zero-order valence-electron chi connectivity index (χ0n) is 13.4. The largest absolute Gasteiger partial charge is 0.508 e. The van der Waals surface area contributed by atoms with Gasteiger partial charge in [-0.25, -0.2) is 4.79 Å². The standard InChI is InChI=1S/C16H17N5O3/c1-9-7-20(10-3-5-11(22)6-4-10)15-17-13-12(21(15)8-9)14(23)18-16(24)19(13)2/h3-6,9,22H,7-8H2,1-2H3,(H,18,23,24). The highest BCUT2D eigenvalue weighted by Crippen LogP contribution is 2.33. The number of phenols is 1. The second kappa shape index (κ2) is 4.98. The predicted octanol–water partition coefficient (Wildman–Crippen LogP) is 0.917. The Balaban J connectivity index is 2.00. The van der Waals surface area contributed by atoms with Crippen molar-refractivity contribution in [3.63, 3.8) is 0 Å². The van der Waals surface area contributed by atoms with Crippen LogP contribution in [0.3, 0.4) is 0 Å². The van der Waals surface area contributed by atoms with E-state index >= 15 is 0 Å². The lowest BCUT2D eigenvalue weighted by Gasteiger charge is -2.32. The summed E-state index contributed by atoms with van der Waals surface area (Å²) in [7, 11) is 1.59. The Hall–Kier alpha value is -3.03. The molecule has 0 spiro atoms. The molecular weight excluding hydrogens is 310 g/mol. The average molecular weight is 327 g/mol. The Kier molecular flexibility index (Phi) is 3.02. The van der Waals surface area contributed by atoms with Crippen LogP contribution in [-0.4, -0.2) is 30.8 Å². The van der Waals surface area contributed by atoms with Crippen LogP contribution in [0.15, 0.2) is 33.9 Å². The molecule has 0 aliphatic carbocycles. The molecule has 0 bridgehead atoms. The van der Waals surface area contributed by atoms with Crippen molar-refractivity contribution in [2.24, 2.45) is 13.0 Å². The van der Waals surface area contributed by atoms with Crippen LogP contribution in [0.1, 0.15) is 6.92 Å². The van der Waals surface area contributed by atoms with Gasteiger partial charge in [0.05, 0.1) is 0 Å². The minimum Gasteiger partial charge on any atom is -0.508 e. The van der Waals surface area contributed by atoms with Gasteiger partial charge in [0.25, 0.3) is 5.56 Å². The zero-order chi connectivity index (χ0) is 17.0. The van der Waals surface area contributed by atoms with Crippen LogP contribution in [0.4, 0.5) is 11.6 Å². The van der Waals surface area contributed by atoms with E-state index in [0.29, 0.717) is 29.6 Å². The maximum atomic E-state index is 12.3. The van der Waals surface area contributed by atoms with Gasteiger partial charge in [-0.15, -0.1) is 0 Å². The van der Waals surface area contributed by atoms with E-state index < -0.39 is 11.2 Å². The van der Waals surface area contributed by atoms with Crippen LogP contribution in [0.25, 0.3) is 11.2 Å². The van der Waals surface area contributed by atoms with Gasteiger partial charge in [-0.05, 0) is 30.2 Å². The van der Waals surface area contributed by atoms with E-state index in [1.54, 1.807) is 31.3 Å². The van der Waals surface area contributed by atoms with Crippen molar-refractivity contribution in [2.75, 3.05) is 11.4 Å². The van der Waals surface area contributed by atoms with Crippen LogP contribution in [0.5, 0.6) is 5.75 Å². The monoisotopic (exact) mass is 327 g/mol. The molecule has 3 heterocycles. The van der Waals surface area contributed by atoms with Gasteiger partial charge in [0, 0.05) is 25.8 Å². The van der Waals surface area contributed by atoms with Crippen molar-refractivity contribution in [3.05, 3.63) is 45.1 Å². The number of aromatic nitrogens is 4. The van der Waals surface area contributed by atoms with Crippen LogP contribution in [0.2, 0.25) is 0 Å². The molecule has 24 heavy (non-hydrogen) atoms. The molecule has 0 saturated heterocycles. The fourth-order valence-electron chi connectivity index (χ4n) is 3.22. The summed E-state index contributed by atoms with van der Waals surface area (Å²) in [5.41, 5.74) is 0.746. The van der Waals surface area contributed by atoms with Gasteiger partial charge >= 0.3 is 5.69 Å². The highest BCUT2D eigenvalue weighted by atomic mass is 16.3. The highest BCUT2D eigenvalue weighted by molar-refractivity contribution is 5.77. The van der Waals surface area contributed by atoms with Crippen molar-refractivity contribution in [2.45, 2.75) is 13.5 Å².